The zero-order valence-electron chi connectivity index (χ0n) is 17.7. The molecule has 166 valence electrons. The first-order valence-corrected chi connectivity index (χ1v) is 11.6. The van der Waals surface area contributed by atoms with Crippen LogP contribution < -0.4 is 10.1 Å². The predicted octanol–water partition coefficient (Wildman–Crippen LogP) is 1.87. The normalized spacial score (nSPS) is 14.8. The summed E-state index contributed by atoms with van der Waals surface area (Å²) in [5, 5.41) is 2.81. The first-order chi connectivity index (χ1) is 14.8. The Labute approximate surface area is 182 Å². The van der Waals surface area contributed by atoms with Crippen molar-refractivity contribution in [1.82, 2.24) is 14.5 Å². The fourth-order valence-corrected chi connectivity index (χ4v) is 4.86. The van der Waals surface area contributed by atoms with E-state index in [1.165, 1.54) is 23.4 Å². The maximum Gasteiger partial charge on any atom is 0.251 e. The second-order valence-corrected chi connectivity index (χ2v) is 9.14. The van der Waals surface area contributed by atoms with Crippen LogP contribution in [0, 0.1) is 0 Å². The quantitative estimate of drug-likeness (QED) is 0.702. The van der Waals surface area contributed by atoms with Crippen molar-refractivity contribution in [1.29, 1.82) is 0 Å². The van der Waals surface area contributed by atoms with Crippen LogP contribution in [0.25, 0.3) is 0 Å². The lowest BCUT2D eigenvalue weighted by Crippen LogP contribution is -2.49. The number of carbonyl (C=O) groups is 2. The van der Waals surface area contributed by atoms with Gasteiger partial charge < -0.3 is 15.0 Å². The van der Waals surface area contributed by atoms with Gasteiger partial charge >= 0.3 is 0 Å². The fourth-order valence-electron chi connectivity index (χ4n) is 3.39. The molecule has 1 aliphatic rings. The van der Waals surface area contributed by atoms with Crippen LogP contribution >= 0.6 is 0 Å². The smallest absolute Gasteiger partial charge is 0.251 e. The lowest BCUT2D eigenvalue weighted by molar-refractivity contribution is -0.129. The van der Waals surface area contributed by atoms with Gasteiger partial charge in [0.25, 0.3) is 5.91 Å². The fraction of sp³-hybridized carbons (Fsp3) is 0.364. The van der Waals surface area contributed by atoms with Crippen molar-refractivity contribution in [3.63, 3.8) is 0 Å². The van der Waals surface area contributed by atoms with Gasteiger partial charge in [-0.15, -0.1) is 0 Å². The first kappa shape index (κ1) is 22.8. The Morgan fingerprint density at radius 1 is 1.03 bits per heavy atom. The maximum atomic E-state index is 13.0. The van der Waals surface area contributed by atoms with Crippen LogP contribution in [0.2, 0.25) is 0 Å². The molecule has 9 heteroatoms. The average Bonchev–Trinajstić information content (AvgIpc) is 2.78. The summed E-state index contributed by atoms with van der Waals surface area (Å²) in [6.07, 6.45) is 0. The van der Waals surface area contributed by atoms with E-state index in [9.17, 15) is 18.0 Å². The first-order valence-electron chi connectivity index (χ1n) is 10.2. The van der Waals surface area contributed by atoms with E-state index in [1.54, 1.807) is 17.0 Å². The van der Waals surface area contributed by atoms with Gasteiger partial charge in [-0.1, -0.05) is 18.2 Å². The molecule has 2 aromatic rings. The number of benzene rings is 2. The van der Waals surface area contributed by atoms with Crippen molar-refractivity contribution in [2.75, 3.05) is 32.8 Å². The maximum absolute atomic E-state index is 13.0. The third-order valence-corrected chi connectivity index (χ3v) is 6.98. The van der Waals surface area contributed by atoms with Gasteiger partial charge in [-0.25, -0.2) is 8.42 Å². The third kappa shape index (κ3) is 5.62. The summed E-state index contributed by atoms with van der Waals surface area (Å²) in [6.45, 7) is 5.40. The summed E-state index contributed by atoms with van der Waals surface area (Å²) in [6, 6.07) is 13.4. The van der Waals surface area contributed by atoms with Crippen molar-refractivity contribution >= 4 is 21.8 Å². The summed E-state index contributed by atoms with van der Waals surface area (Å²) >= 11 is 0. The van der Waals surface area contributed by atoms with E-state index in [-0.39, 0.29) is 35.4 Å². The molecule has 1 fully saturated rings. The van der Waals surface area contributed by atoms with Crippen LogP contribution in [0.3, 0.4) is 0 Å². The number of amides is 2. The van der Waals surface area contributed by atoms with Crippen LogP contribution in [0.1, 0.15) is 29.8 Å². The van der Waals surface area contributed by atoms with Crippen molar-refractivity contribution in [2.45, 2.75) is 25.3 Å². The molecule has 2 amide bonds. The van der Waals surface area contributed by atoms with Gasteiger partial charge in [0.1, 0.15) is 5.75 Å². The number of carbonyl (C=O) groups excluding carboxylic acids is 2. The number of sulfonamides is 1. The molecule has 1 N–H and O–H groups in total. The Morgan fingerprint density at radius 2 is 1.74 bits per heavy atom. The van der Waals surface area contributed by atoms with Crippen molar-refractivity contribution in [3.8, 4) is 5.75 Å². The molecule has 0 aliphatic carbocycles. The highest BCUT2D eigenvalue weighted by Crippen LogP contribution is 2.19. The molecule has 1 heterocycles. The Hall–Kier alpha value is -2.91. The topological polar surface area (TPSA) is 96.0 Å². The summed E-state index contributed by atoms with van der Waals surface area (Å²) in [7, 11) is -3.75. The summed E-state index contributed by atoms with van der Waals surface area (Å²) in [5.41, 5.74) is 1.15. The second kappa shape index (κ2) is 9.93. The van der Waals surface area contributed by atoms with E-state index in [1.807, 2.05) is 31.2 Å². The number of hydrogen-bond acceptors (Lipinski definition) is 5. The van der Waals surface area contributed by atoms with Gasteiger partial charge in [0, 0.05) is 45.2 Å². The molecule has 0 unspecified atom stereocenters. The molecule has 2 aromatic carbocycles. The molecule has 0 aromatic heterocycles. The van der Waals surface area contributed by atoms with Gasteiger partial charge in [-0.3, -0.25) is 9.59 Å². The highest BCUT2D eigenvalue weighted by atomic mass is 32.2. The molecule has 1 aliphatic heterocycles. The number of rotatable bonds is 7. The average molecular weight is 446 g/mol. The molecule has 0 saturated carbocycles. The largest absolute Gasteiger partial charge is 0.494 e. The lowest BCUT2D eigenvalue weighted by atomic mass is 10.2. The molecule has 3 rings (SSSR count). The Balaban J connectivity index is 1.67. The Bertz CT molecular complexity index is 1050. The highest BCUT2D eigenvalue weighted by molar-refractivity contribution is 7.89. The van der Waals surface area contributed by atoms with Crippen LogP contribution in [0.15, 0.2) is 53.4 Å². The van der Waals surface area contributed by atoms with Crippen molar-refractivity contribution < 1.29 is 22.7 Å². The highest BCUT2D eigenvalue weighted by Gasteiger charge is 2.29. The van der Waals surface area contributed by atoms with Gasteiger partial charge in [-0.05, 0) is 42.8 Å². The number of hydrogen-bond donors (Lipinski definition) is 1. The lowest BCUT2D eigenvalue weighted by Gasteiger charge is -2.33. The molecule has 0 radical (unpaired) electrons. The van der Waals surface area contributed by atoms with E-state index >= 15 is 0 Å². The van der Waals surface area contributed by atoms with E-state index in [4.69, 9.17) is 4.74 Å². The summed E-state index contributed by atoms with van der Waals surface area (Å²) < 4.78 is 32.8. The monoisotopic (exact) mass is 445 g/mol. The van der Waals surface area contributed by atoms with E-state index < -0.39 is 10.0 Å². The zero-order chi connectivity index (χ0) is 22.4. The molecule has 31 heavy (non-hydrogen) atoms. The number of nitrogens with one attached hydrogen (secondary N) is 1. The van der Waals surface area contributed by atoms with Gasteiger partial charge in [0.15, 0.2) is 0 Å². The molecule has 8 nitrogen and oxygen atoms in total. The van der Waals surface area contributed by atoms with E-state index in [0.717, 1.165) is 11.3 Å². The molecule has 1 saturated heterocycles. The summed E-state index contributed by atoms with van der Waals surface area (Å²) in [5.74, 6) is 0.301. The third-order valence-electron chi connectivity index (χ3n) is 5.08. The van der Waals surface area contributed by atoms with Crippen molar-refractivity contribution in [3.05, 3.63) is 59.7 Å². The van der Waals surface area contributed by atoms with E-state index in [2.05, 4.69) is 5.32 Å². The number of piperazine rings is 1. The van der Waals surface area contributed by atoms with Crippen LogP contribution in [-0.2, 0) is 21.4 Å². The van der Waals surface area contributed by atoms with Crippen LogP contribution in [0.5, 0.6) is 5.75 Å². The standard InChI is InChI=1S/C22H27N3O5S/c1-3-30-20-8-4-6-18(14-20)16-23-22(27)19-7-5-9-21(15-19)31(28,29)25-12-10-24(11-13-25)17(2)26/h4-9,14-15H,3,10-13,16H2,1-2H3,(H,23,27). The van der Waals surface area contributed by atoms with E-state index in [0.29, 0.717) is 26.2 Å². The molecule has 0 atom stereocenters. The number of ether oxygens (including phenoxy) is 1. The molecular weight excluding hydrogens is 418 g/mol. The zero-order valence-corrected chi connectivity index (χ0v) is 18.5. The number of nitrogens with zero attached hydrogens (tertiary/aromatic N) is 2. The van der Waals surface area contributed by atoms with Crippen molar-refractivity contribution in [2.24, 2.45) is 0 Å². The minimum Gasteiger partial charge on any atom is -0.494 e. The minimum absolute atomic E-state index is 0.0646. The van der Waals surface area contributed by atoms with Gasteiger partial charge in [0.2, 0.25) is 15.9 Å². The SMILES string of the molecule is CCOc1cccc(CNC(=O)c2cccc(S(=O)(=O)N3CCN(C(C)=O)CC3)c2)c1. The Kier molecular flexibility index (Phi) is 7.29. The van der Waals surface area contributed by atoms with Gasteiger partial charge in [0.05, 0.1) is 11.5 Å². The summed E-state index contributed by atoms with van der Waals surface area (Å²) in [4.78, 5) is 25.8. The second-order valence-electron chi connectivity index (χ2n) is 7.20. The minimum atomic E-state index is -3.75. The molecular formula is C22H27N3O5S. The molecule has 0 bridgehead atoms. The van der Waals surface area contributed by atoms with Crippen LogP contribution in [-0.4, -0.2) is 62.2 Å². The Morgan fingerprint density at radius 3 is 2.42 bits per heavy atom. The predicted molar refractivity (Wildman–Crippen MR) is 116 cm³/mol. The van der Waals surface area contributed by atoms with Gasteiger partial charge in [-0.2, -0.15) is 4.31 Å². The van der Waals surface area contributed by atoms with Crippen LogP contribution in [0.4, 0.5) is 0 Å². The molecule has 0 spiro atoms.